The van der Waals surface area contributed by atoms with Crippen LogP contribution in [-0.2, 0) is 6.61 Å². The van der Waals surface area contributed by atoms with E-state index in [4.69, 9.17) is 16.3 Å². The topological polar surface area (TPSA) is 9.23 Å². The highest BCUT2D eigenvalue weighted by Gasteiger charge is 2.05. The Morgan fingerprint density at radius 2 is 1.95 bits per heavy atom. The van der Waals surface area contributed by atoms with Gasteiger partial charge in [-0.05, 0) is 42.1 Å². The van der Waals surface area contributed by atoms with Gasteiger partial charge >= 0.3 is 0 Å². The Labute approximate surface area is 121 Å². The lowest BCUT2D eigenvalue weighted by Gasteiger charge is -2.04. The number of halogens is 1. The lowest BCUT2D eigenvalue weighted by molar-refractivity contribution is 0.309. The number of hydrogen-bond donors (Lipinski definition) is 0. The van der Waals surface area contributed by atoms with Gasteiger partial charge in [0, 0.05) is 4.88 Å². The van der Waals surface area contributed by atoms with Crippen molar-refractivity contribution in [2.45, 2.75) is 13.5 Å². The zero-order chi connectivity index (χ0) is 13.2. The highest BCUT2D eigenvalue weighted by atomic mass is 35.5. The standard InChI is InChI=1S/C16H13ClOS/c1-11-4-2-6-13(8-11)18-10-14-9-12-5-3-7-15(17)16(12)19-14/h2-9H,10H2,1H3. The molecule has 0 N–H and O–H groups in total. The van der Waals surface area contributed by atoms with Crippen LogP contribution in [0.5, 0.6) is 5.75 Å². The molecule has 96 valence electrons. The minimum absolute atomic E-state index is 0.582. The molecule has 0 atom stereocenters. The second kappa shape index (κ2) is 5.24. The lowest BCUT2D eigenvalue weighted by Crippen LogP contribution is -1.92. The third-order valence-electron chi connectivity index (χ3n) is 2.92. The molecule has 0 aliphatic rings. The van der Waals surface area contributed by atoms with E-state index in [1.165, 1.54) is 15.8 Å². The molecule has 1 heterocycles. The molecule has 0 saturated heterocycles. The van der Waals surface area contributed by atoms with Crippen molar-refractivity contribution in [3.8, 4) is 5.75 Å². The van der Waals surface area contributed by atoms with Crippen molar-refractivity contribution in [1.82, 2.24) is 0 Å². The highest BCUT2D eigenvalue weighted by Crippen LogP contribution is 2.32. The molecule has 0 bridgehead atoms. The van der Waals surface area contributed by atoms with Crippen LogP contribution in [0.3, 0.4) is 0 Å². The molecule has 2 aromatic carbocycles. The van der Waals surface area contributed by atoms with Crippen molar-refractivity contribution in [3.05, 3.63) is 64.0 Å². The second-order valence-corrected chi connectivity index (χ2v) is 6.02. The molecule has 0 saturated carbocycles. The van der Waals surface area contributed by atoms with E-state index in [-0.39, 0.29) is 0 Å². The number of fused-ring (bicyclic) bond motifs is 1. The first-order valence-electron chi connectivity index (χ1n) is 6.09. The van der Waals surface area contributed by atoms with E-state index in [2.05, 4.69) is 25.1 Å². The van der Waals surface area contributed by atoms with Gasteiger partial charge in [-0.3, -0.25) is 0 Å². The number of rotatable bonds is 3. The van der Waals surface area contributed by atoms with Gasteiger partial charge in [-0.25, -0.2) is 0 Å². The van der Waals surface area contributed by atoms with Gasteiger partial charge in [0.2, 0.25) is 0 Å². The predicted octanol–water partition coefficient (Wildman–Crippen LogP) is 5.44. The van der Waals surface area contributed by atoms with Crippen molar-refractivity contribution in [3.63, 3.8) is 0 Å². The van der Waals surface area contributed by atoms with Crippen LogP contribution in [0.4, 0.5) is 0 Å². The zero-order valence-electron chi connectivity index (χ0n) is 10.5. The Balaban J connectivity index is 1.80. The summed E-state index contributed by atoms with van der Waals surface area (Å²) in [5.41, 5.74) is 1.21. The van der Waals surface area contributed by atoms with Gasteiger partial charge in [-0.15, -0.1) is 11.3 Å². The molecule has 1 aromatic heterocycles. The van der Waals surface area contributed by atoms with E-state index >= 15 is 0 Å². The van der Waals surface area contributed by atoms with Crippen LogP contribution in [0.25, 0.3) is 10.1 Å². The molecule has 1 nitrogen and oxygen atoms in total. The minimum Gasteiger partial charge on any atom is -0.488 e. The molecule has 0 spiro atoms. The van der Waals surface area contributed by atoms with Gasteiger partial charge in [0.25, 0.3) is 0 Å². The molecule has 0 aliphatic carbocycles. The van der Waals surface area contributed by atoms with E-state index in [9.17, 15) is 0 Å². The number of thiophene rings is 1. The quantitative estimate of drug-likeness (QED) is 0.623. The number of benzene rings is 2. The van der Waals surface area contributed by atoms with Crippen LogP contribution in [0, 0.1) is 6.92 Å². The van der Waals surface area contributed by atoms with Crippen LogP contribution in [-0.4, -0.2) is 0 Å². The average molecular weight is 289 g/mol. The van der Waals surface area contributed by atoms with Crippen LogP contribution >= 0.6 is 22.9 Å². The summed E-state index contributed by atoms with van der Waals surface area (Å²) in [4.78, 5) is 1.18. The SMILES string of the molecule is Cc1cccc(OCc2cc3cccc(Cl)c3s2)c1. The van der Waals surface area contributed by atoms with Crippen LogP contribution in [0.2, 0.25) is 5.02 Å². The Hall–Kier alpha value is -1.51. The molecule has 0 radical (unpaired) electrons. The molecule has 0 amide bonds. The van der Waals surface area contributed by atoms with Gasteiger partial charge in [-0.2, -0.15) is 0 Å². The van der Waals surface area contributed by atoms with Gasteiger partial charge in [0.05, 0.1) is 9.72 Å². The Morgan fingerprint density at radius 1 is 1.11 bits per heavy atom. The number of hydrogen-bond acceptors (Lipinski definition) is 2. The van der Waals surface area contributed by atoms with Crippen molar-refractivity contribution in [2.75, 3.05) is 0 Å². The van der Waals surface area contributed by atoms with E-state index < -0.39 is 0 Å². The maximum Gasteiger partial charge on any atom is 0.122 e. The Bertz CT molecular complexity index is 718. The smallest absolute Gasteiger partial charge is 0.122 e. The summed E-state index contributed by atoms with van der Waals surface area (Å²) in [6.07, 6.45) is 0. The van der Waals surface area contributed by atoms with Crippen LogP contribution < -0.4 is 4.74 Å². The summed E-state index contributed by atoms with van der Waals surface area (Å²) in [5, 5.41) is 1.99. The van der Waals surface area contributed by atoms with Crippen molar-refractivity contribution in [2.24, 2.45) is 0 Å². The summed E-state index contributed by atoms with van der Waals surface area (Å²) in [6.45, 7) is 2.64. The Kier molecular flexibility index (Phi) is 3.45. The molecular formula is C16H13ClOS. The second-order valence-electron chi connectivity index (χ2n) is 4.48. The summed E-state index contributed by atoms with van der Waals surface area (Å²) in [6, 6.07) is 16.2. The summed E-state index contributed by atoms with van der Waals surface area (Å²) < 4.78 is 6.94. The Morgan fingerprint density at radius 3 is 2.74 bits per heavy atom. The maximum atomic E-state index is 6.18. The normalized spacial score (nSPS) is 10.8. The third kappa shape index (κ3) is 2.75. The van der Waals surface area contributed by atoms with E-state index in [0.29, 0.717) is 6.61 Å². The van der Waals surface area contributed by atoms with E-state index in [1.807, 2.05) is 30.3 Å². The molecule has 3 rings (SSSR count). The number of ether oxygens (including phenoxy) is 1. The summed E-state index contributed by atoms with van der Waals surface area (Å²) >= 11 is 7.87. The highest BCUT2D eigenvalue weighted by molar-refractivity contribution is 7.19. The average Bonchev–Trinajstić information content (AvgIpc) is 2.81. The lowest BCUT2D eigenvalue weighted by atomic mass is 10.2. The molecular weight excluding hydrogens is 276 g/mol. The molecule has 0 unspecified atom stereocenters. The van der Waals surface area contributed by atoms with Crippen molar-refractivity contribution in [1.29, 1.82) is 0 Å². The van der Waals surface area contributed by atoms with Gasteiger partial charge in [0.15, 0.2) is 0 Å². The first kappa shape index (κ1) is 12.5. The predicted molar refractivity (Wildman–Crippen MR) is 82.3 cm³/mol. The molecule has 0 aliphatic heterocycles. The fourth-order valence-electron chi connectivity index (χ4n) is 2.01. The van der Waals surface area contributed by atoms with Gasteiger partial charge in [-0.1, -0.05) is 35.9 Å². The van der Waals surface area contributed by atoms with Gasteiger partial charge < -0.3 is 4.74 Å². The van der Waals surface area contributed by atoms with E-state index in [0.717, 1.165) is 15.5 Å². The minimum atomic E-state index is 0.582. The fraction of sp³-hybridized carbons (Fsp3) is 0.125. The molecule has 19 heavy (non-hydrogen) atoms. The first-order valence-corrected chi connectivity index (χ1v) is 7.28. The van der Waals surface area contributed by atoms with Gasteiger partial charge in [0.1, 0.15) is 12.4 Å². The van der Waals surface area contributed by atoms with Crippen molar-refractivity contribution < 1.29 is 4.74 Å². The number of aryl methyl sites for hydroxylation is 1. The molecule has 0 fully saturated rings. The maximum absolute atomic E-state index is 6.18. The monoisotopic (exact) mass is 288 g/mol. The molecule has 3 heteroatoms. The van der Waals surface area contributed by atoms with Crippen LogP contribution in [0.15, 0.2) is 48.5 Å². The first-order chi connectivity index (χ1) is 9.22. The zero-order valence-corrected chi connectivity index (χ0v) is 12.1. The fourth-order valence-corrected chi connectivity index (χ4v) is 3.29. The largest absolute Gasteiger partial charge is 0.488 e. The van der Waals surface area contributed by atoms with Crippen LogP contribution in [0.1, 0.15) is 10.4 Å². The third-order valence-corrected chi connectivity index (χ3v) is 4.50. The van der Waals surface area contributed by atoms with Crippen molar-refractivity contribution >= 4 is 33.0 Å². The molecule has 3 aromatic rings. The summed E-state index contributed by atoms with van der Waals surface area (Å²) in [7, 11) is 0. The van der Waals surface area contributed by atoms with E-state index in [1.54, 1.807) is 11.3 Å². The summed E-state index contributed by atoms with van der Waals surface area (Å²) in [5.74, 6) is 0.906.